The summed E-state index contributed by atoms with van der Waals surface area (Å²) in [7, 11) is 3.05. The highest BCUT2D eigenvalue weighted by molar-refractivity contribution is 8.76. The summed E-state index contributed by atoms with van der Waals surface area (Å²) in [4.78, 5) is 33.5. The van der Waals surface area contributed by atoms with Gasteiger partial charge in [0.1, 0.15) is 0 Å². The lowest BCUT2D eigenvalue weighted by molar-refractivity contribution is -0.136. The Morgan fingerprint density at radius 1 is 1.09 bits per heavy atom. The average molecular weight is 377 g/mol. The van der Waals surface area contributed by atoms with Crippen LogP contribution in [-0.2, 0) is 9.59 Å². The van der Waals surface area contributed by atoms with Gasteiger partial charge in [0.25, 0.3) is 5.91 Å². The minimum atomic E-state index is -0.794. The van der Waals surface area contributed by atoms with Crippen molar-refractivity contribution in [3.63, 3.8) is 0 Å². The summed E-state index contributed by atoms with van der Waals surface area (Å²) < 4.78 is 0. The van der Waals surface area contributed by atoms with Gasteiger partial charge in [-0.25, -0.2) is 0 Å². The zero-order chi connectivity index (χ0) is 16.9. The molecule has 1 aromatic rings. The van der Waals surface area contributed by atoms with Crippen molar-refractivity contribution in [2.24, 2.45) is 0 Å². The third kappa shape index (κ3) is 10.2. The van der Waals surface area contributed by atoms with Crippen LogP contribution in [0.4, 0.5) is 0 Å². The van der Waals surface area contributed by atoms with Crippen LogP contribution in [0.2, 0.25) is 0 Å². The largest absolute Gasteiger partial charge is 0.481 e. The Kier molecular flexibility index (Phi) is 10.6. The molecule has 0 aliphatic rings. The molecule has 1 heterocycles. The second-order valence-corrected chi connectivity index (χ2v) is 7.99. The van der Waals surface area contributed by atoms with Crippen molar-refractivity contribution in [2.75, 3.05) is 24.6 Å². The molecule has 0 saturated carbocycles. The van der Waals surface area contributed by atoms with Crippen molar-refractivity contribution >= 4 is 50.7 Å². The minimum Gasteiger partial charge on any atom is -0.481 e. The van der Waals surface area contributed by atoms with Gasteiger partial charge in [0, 0.05) is 42.0 Å². The number of thiophene rings is 1. The Bertz CT molecular complexity index is 494. The Hall–Kier alpha value is -1.19. The number of hydrogen-bond acceptors (Lipinski definition) is 6. The number of nitrogens with one attached hydrogen (secondary N) is 2. The van der Waals surface area contributed by atoms with E-state index in [4.69, 9.17) is 5.11 Å². The van der Waals surface area contributed by atoms with Crippen LogP contribution in [0.15, 0.2) is 16.8 Å². The van der Waals surface area contributed by atoms with Crippen LogP contribution in [0.3, 0.4) is 0 Å². The molecule has 0 unspecified atom stereocenters. The van der Waals surface area contributed by atoms with Crippen molar-refractivity contribution in [1.82, 2.24) is 10.6 Å². The predicted molar refractivity (Wildman–Crippen MR) is 96.1 cm³/mol. The van der Waals surface area contributed by atoms with Gasteiger partial charge < -0.3 is 15.7 Å². The van der Waals surface area contributed by atoms with Gasteiger partial charge in [-0.1, -0.05) is 21.6 Å². The molecule has 0 aliphatic carbocycles. The average Bonchev–Trinajstić information content (AvgIpc) is 3.04. The molecule has 0 bridgehead atoms. The van der Waals surface area contributed by atoms with Crippen molar-refractivity contribution in [3.05, 3.63) is 22.4 Å². The fourth-order valence-corrected chi connectivity index (χ4v) is 4.04. The summed E-state index contributed by atoms with van der Waals surface area (Å²) in [5, 5.41) is 17.7. The molecule has 3 N–H and O–H groups in total. The molecule has 0 aromatic carbocycles. The van der Waals surface area contributed by atoms with Gasteiger partial charge in [0.2, 0.25) is 5.91 Å². The van der Waals surface area contributed by atoms with Gasteiger partial charge in [0.15, 0.2) is 0 Å². The van der Waals surface area contributed by atoms with E-state index in [1.807, 2.05) is 5.38 Å². The topological polar surface area (TPSA) is 95.5 Å². The lowest BCUT2D eigenvalue weighted by Crippen LogP contribution is -2.28. The van der Waals surface area contributed by atoms with Crippen LogP contribution in [-0.4, -0.2) is 47.5 Å². The van der Waals surface area contributed by atoms with E-state index < -0.39 is 5.97 Å². The highest BCUT2D eigenvalue weighted by atomic mass is 33.1. The van der Waals surface area contributed by atoms with Gasteiger partial charge in [-0.15, -0.1) is 0 Å². The first kappa shape index (κ1) is 19.9. The van der Waals surface area contributed by atoms with Crippen LogP contribution in [0.25, 0.3) is 0 Å². The number of carboxylic acid groups (broad SMARTS) is 1. The van der Waals surface area contributed by atoms with E-state index in [9.17, 15) is 14.4 Å². The number of carbonyl (C=O) groups is 3. The summed E-state index contributed by atoms with van der Waals surface area (Å²) in [6.07, 6.45) is 1.13. The smallest absolute Gasteiger partial charge is 0.304 e. The van der Waals surface area contributed by atoms with E-state index in [0.717, 1.165) is 5.75 Å². The third-order valence-electron chi connectivity index (χ3n) is 2.64. The number of rotatable bonds is 12. The van der Waals surface area contributed by atoms with Crippen molar-refractivity contribution in [2.45, 2.75) is 19.3 Å². The quantitative estimate of drug-likeness (QED) is 0.382. The Morgan fingerprint density at radius 2 is 1.87 bits per heavy atom. The normalized spacial score (nSPS) is 10.3. The van der Waals surface area contributed by atoms with E-state index in [1.54, 1.807) is 22.2 Å². The summed E-state index contributed by atoms with van der Waals surface area (Å²) in [6, 6.07) is 1.76. The SMILES string of the molecule is O=C(O)CCSSCCNC(=O)CCCNC(=O)c1ccsc1. The van der Waals surface area contributed by atoms with Gasteiger partial charge in [-0.05, 0) is 17.9 Å². The lowest BCUT2D eigenvalue weighted by Gasteiger charge is -2.06. The van der Waals surface area contributed by atoms with Crippen LogP contribution in [0.1, 0.15) is 29.6 Å². The predicted octanol–water partition coefficient (Wildman–Crippen LogP) is 2.23. The molecule has 9 heteroatoms. The molecule has 0 spiro atoms. The third-order valence-corrected chi connectivity index (χ3v) is 5.73. The fraction of sp³-hybridized carbons (Fsp3) is 0.500. The zero-order valence-electron chi connectivity index (χ0n) is 12.6. The van der Waals surface area contributed by atoms with E-state index in [-0.39, 0.29) is 18.2 Å². The summed E-state index contributed by atoms with van der Waals surface area (Å²) >= 11 is 1.47. The molecular formula is C14H20N2O4S3. The van der Waals surface area contributed by atoms with E-state index >= 15 is 0 Å². The maximum atomic E-state index is 11.6. The van der Waals surface area contributed by atoms with Crippen LogP contribution in [0.5, 0.6) is 0 Å². The first-order valence-corrected chi connectivity index (χ1v) is 10.6. The highest BCUT2D eigenvalue weighted by Gasteiger charge is 2.05. The highest BCUT2D eigenvalue weighted by Crippen LogP contribution is 2.20. The van der Waals surface area contributed by atoms with Gasteiger partial charge in [-0.2, -0.15) is 11.3 Å². The van der Waals surface area contributed by atoms with E-state index in [0.29, 0.717) is 37.2 Å². The second-order valence-electron chi connectivity index (χ2n) is 4.51. The molecule has 23 heavy (non-hydrogen) atoms. The Labute approximate surface area is 147 Å². The molecule has 6 nitrogen and oxygen atoms in total. The van der Waals surface area contributed by atoms with Crippen molar-refractivity contribution in [3.8, 4) is 0 Å². The van der Waals surface area contributed by atoms with Gasteiger partial charge in [0.05, 0.1) is 6.42 Å². The van der Waals surface area contributed by atoms with Crippen LogP contribution in [0, 0.1) is 0 Å². The summed E-state index contributed by atoms with van der Waals surface area (Å²) in [5.74, 6) is 0.368. The molecule has 0 radical (unpaired) electrons. The zero-order valence-corrected chi connectivity index (χ0v) is 15.0. The summed E-state index contributed by atoms with van der Waals surface area (Å²) in [6.45, 7) is 1.03. The number of hydrogen-bond donors (Lipinski definition) is 3. The molecule has 0 atom stereocenters. The fourth-order valence-electron chi connectivity index (χ4n) is 1.51. The summed E-state index contributed by atoms with van der Waals surface area (Å²) in [5.41, 5.74) is 0.650. The maximum Gasteiger partial charge on any atom is 0.304 e. The Morgan fingerprint density at radius 3 is 2.57 bits per heavy atom. The number of aliphatic carboxylic acids is 1. The van der Waals surface area contributed by atoms with E-state index in [1.165, 1.54) is 22.1 Å². The molecule has 0 aliphatic heterocycles. The van der Waals surface area contributed by atoms with E-state index in [2.05, 4.69) is 10.6 Å². The maximum absolute atomic E-state index is 11.6. The van der Waals surface area contributed by atoms with Crippen LogP contribution < -0.4 is 10.6 Å². The number of carbonyl (C=O) groups excluding carboxylic acids is 2. The monoisotopic (exact) mass is 376 g/mol. The molecule has 2 amide bonds. The van der Waals surface area contributed by atoms with Crippen LogP contribution >= 0.6 is 32.9 Å². The molecule has 1 rings (SSSR count). The van der Waals surface area contributed by atoms with Crippen molar-refractivity contribution in [1.29, 1.82) is 0 Å². The second kappa shape index (κ2) is 12.3. The number of carboxylic acids is 1. The molecule has 1 aromatic heterocycles. The van der Waals surface area contributed by atoms with Gasteiger partial charge >= 0.3 is 5.97 Å². The molecule has 0 fully saturated rings. The van der Waals surface area contributed by atoms with Gasteiger partial charge in [-0.3, -0.25) is 14.4 Å². The standard InChI is InChI=1S/C14H20N2O4S3/c17-12(15-6-9-23-22-8-4-13(18)19)2-1-5-16-14(20)11-3-7-21-10-11/h3,7,10H,1-2,4-6,8-9H2,(H,15,17)(H,16,20)(H,18,19). The lowest BCUT2D eigenvalue weighted by atomic mass is 10.2. The first-order valence-electron chi connectivity index (χ1n) is 7.13. The molecule has 128 valence electrons. The number of amides is 2. The first-order chi connectivity index (χ1) is 11.1. The van der Waals surface area contributed by atoms with Crippen molar-refractivity contribution < 1.29 is 19.5 Å². The Balaban J connectivity index is 1.92. The molecule has 0 saturated heterocycles. The minimum absolute atomic E-state index is 0.0362. The molecular weight excluding hydrogens is 356 g/mol.